The maximum atomic E-state index is 3.89. The predicted octanol–water partition coefficient (Wildman–Crippen LogP) is 2.37. The van der Waals surface area contributed by atoms with E-state index in [0.717, 1.165) is 18.0 Å². The summed E-state index contributed by atoms with van der Waals surface area (Å²) in [6.45, 7) is 6.39. The number of nitrogens with one attached hydrogen (secondary N) is 2. The van der Waals surface area contributed by atoms with Crippen LogP contribution < -0.4 is 10.6 Å². The van der Waals surface area contributed by atoms with Crippen LogP contribution in [0.3, 0.4) is 0 Å². The Morgan fingerprint density at radius 3 is 2.60 bits per heavy atom. The second-order valence-corrected chi connectivity index (χ2v) is 7.11. The van der Waals surface area contributed by atoms with E-state index >= 15 is 0 Å². The molecule has 0 spiro atoms. The van der Waals surface area contributed by atoms with Crippen LogP contribution in [0.5, 0.6) is 0 Å². The highest BCUT2D eigenvalue weighted by Gasteiger charge is 2.33. The van der Waals surface area contributed by atoms with Gasteiger partial charge in [0.2, 0.25) is 0 Å². The molecule has 2 saturated heterocycles. The zero-order valence-corrected chi connectivity index (χ0v) is 13.1. The molecule has 20 heavy (non-hydrogen) atoms. The van der Waals surface area contributed by atoms with Crippen molar-refractivity contribution in [2.75, 3.05) is 32.7 Å². The minimum absolute atomic E-state index is 0.787. The molecule has 3 fully saturated rings. The summed E-state index contributed by atoms with van der Waals surface area (Å²) in [4.78, 5) is 2.65. The number of piperidine rings is 2. The van der Waals surface area contributed by atoms with Crippen molar-refractivity contribution < 1.29 is 0 Å². The molecule has 0 radical (unpaired) electrons. The van der Waals surface area contributed by atoms with Gasteiger partial charge in [0.15, 0.2) is 0 Å². The molecule has 2 heterocycles. The second kappa shape index (κ2) is 7.77. The van der Waals surface area contributed by atoms with Gasteiger partial charge >= 0.3 is 0 Å². The van der Waals surface area contributed by atoms with Crippen molar-refractivity contribution in [1.29, 1.82) is 0 Å². The van der Waals surface area contributed by atoms with Crippen LogP contribution in [0.1, 0.15) is 57.8 Å². The number of likely N-dealkylation sites (tertiary alicyclic amines) is 1. The topological polar surface area (TPSA) is 27.3 Å². The number of hydrogen-bond acceptors (Lipinski definition) is 3. The van der Waals surface area contributed by atoms with Crippen molar-refractivity contribution in [3.05, 3.63) is 0 Å². The van der Waals surface area contributed by atoms with Gasteiger partial charge in [-0.05, 0) is 64.1 Å². The molecule has 0 aromatic heterocycles. The predicted molar refractivity (Wildman–Crippen MR) is 85.1 cm³/mol. The van der Waals surface area contributed by atoms with Crippen molar-refractivity contribution in [3.8, 4) is 0 Å². The highest BCUT2D eigenvalue weighted by molar-refractivity contribution is 4.92. The zero-order chi connectivity index (χ0) is 13.6. The molecule has 3 rings (SSSR count). The summed E-state index contributed by atoms with van der Waals surface area (Å²) in [7, 11) is 0. The molecule has 0 aromatic rings. The van der Waals surface area contributed by atoms with Gasteiger partial charge < -0.3 is 15.5 Å². The first-order valence-electron chi connectivity index (χ1n) is 9.12. The molecular weight excluding hydrogens is 246 g/mol. The molecule has 1 aliphatic carbocycles. The van der Waals surface area contributed by atoms with Crippen LogP contribution >= 0.6 is 0 Å². The van der Waals surface area contributed by atoms with Crippen LogP contribution in [0.4, 0.5) is 0 Å². The molecule has 3 aliphatic rings. The van der Waals surface area contributed by atoms with E-state index in [0.29, 0.717) is 0 Å². The van der Waals surface area contributed by atoms with Gasteiger partial charge in [-0.2, -0.15) is 0 Å². The van der Waals surface area contributed by atoms with E-state index < -0.39 is 0 Å². The van der Waals surface area contributed by atoms with Crippen LogP contribution in [-0.2, 0) is 0 Å². The first-order valence-corrected chi connectivity index (χ1v) is 9.12. The smallest absolute Gasteiger partial charge is 0.0111 e. The van der Waals surface area contributed by atoms with Crippen LogP contribution in [0.2, 0.25) is 0 Å². The van der Waals surface area contributed by atoms with E-state index in [4.69, 9.17) is 0 Å². The van der Waals surface area contributed by atoms with Gasteiger partial charge in [0, 0.05) is 25.2 Å². The fraction of sp³-hybridized carbons (Fsp3) is 1.00. The van der Waals surface area contributed by atoms with Crippen molar-refractivity contribution in [3.63, 3.8) is 0 Å². The monoisotopic (exact) mass is 279 g/mol. The Morgan fingerprint density at radius 1 is 0.900 bits per heavy atom. The van der Waals surface area contributed by atoms with Crippen LogP contribution in [0.25, 0.3) is 0 Å². The quantitative estimate of drug-likeness (QED) is 0.809. The summed E-state index contributed by atoms with van der Waals surface area (Å²) in [5, 5.41) is 7.68. The van der Waals surface area contributed by atoms with E-state index in [1.807, 2.05) is 0 Å². The molecule has 0 aromatic carbocycles. The summed E-state index contributed by atoms with van der Waals surface area (Å²) in [6, 6.07) is 1.59. The van der Waals surface area contributed by atoms with Gasteiger partial charge in [-0.25, -0.2) is 0 Å². The first-order chi connectivity index (χ1) is 9.93. The maximum Gasteiger partial charge on any atom is 0.0111 e. The van der Waals surface area contributed by atoms with E-state index in [2.05, 4.69) is 15.5 Å². The Hall–Kier alpha value is -0.120. The van der Waals surface area contributed by atoms with Crippen LogP contribution in [0.15, 0.2) is 0 Å². The lowest BCUT2D eigenvalue weighted by Gasteiger charge is -2.34. The lowest BCUT2D eigenvalue weighted by Crippen LogP contribution is -2.48. The Labute approximate surface area is 124 Å². The van der Waals surface area contributed by atoms with Gasteiger partial charge in [0.1, 0.15) is 0 Å². The van der Waals surface area contributed by atoms with Gasteiger partial charge in [-0.1, -0.05) is 19.3 Å². The molecule has 2 aliphatic heterocycles. The Bertz CT molecular complexity index is 269. The molecule has 116 valence electrons. The SMILES string of the molecule is C1CCN(CCNC2CCCC2C2CCCCN2)CC1. The molecule has 2 N–H and O–H groups in total. The van der Waals surface area contributed by atoms with E-state index in [9.17, 15) is 0 Å². The number of nitrogens with zero attached hydrogens (tertiary/aromatic N) is 1. The summed E-state index contributed by atoms with van der Waals surface area (Å²) in [5.74, 6) is 0.900. The molecule has 3 heteroatoms. The van der Waals surface area contributed by atoms with Crippen molar-refractivity contribution >= 4 is 0 Å². The van der Waals surface area contributed by atoms with Crippen molar-refractivity contribution in [2.24, 2.45) is 5.92 Å². The number of hydrogen-bond donors (Lipinski definition) is 2. The van der Waals surface area contributed by atoms with Gasteiger partial charge in [-0.15, -0.1) is 0 Å². The Kier molecular flexibility index (Phi) is 5.75. The average molecular weight is 279 g/mol. The molecule has 3 unspecified atom stereocenters. The largest absolute Gasteiger partial charge is 0.314 e. The third kappa shape index (κ3) is 3.96. The zero-order valence-electron chi connectivity index (χ0n) is 13.1. The third-order valence-corrected chi connectivity index (χ3v) is 5.72. The molecular formula is C17H33N3. The Morgan fingerprint density at radius 2 is 1.80 bits per heavy atom. The minimum atomic E-state index is 0.787. The van der Waals surface area contributed by atoms with Crippen molar-refractivity contribution in [1.82, 2.24) is 15.5 Å². The van der Waals surface area contributed by atoms with E-state index in [1.165, 1.54) is 90.5 Å². The molecule has 1 saturated carbocycles. The summed E-state index contributed by atoms with van der Waals surface area (Å²) >= 11 is 0. The summed E-state index contributed by atoms with van der Waals surface area (Å²) in [6.07, 6.45) is 12.8. The first kappa shape index (κ1) is 14.8. The summed E-state index contributed by atoms with van der Waals surface area (Å²) in [5.41, 5.74) is 0. The number of rotatable bonds is 5. The van der Waals surface area contributed by atoms with Gasteiger partial charge in [0.05, 0.1) is 0 Å². The average Bonchev–Trinajstić information content (AvgIpc) is 2.98. The molecule has 0 amide bonds. The fourth-order valence-corrected chi connectivity index (χ4v) is 4.56. The lowest BCUT2D eigenvalue weighted by atomic mass is 9.88. The lowest BCUT2D eigenvalue weighted by molar-refractivity contribution is 0.214. The Balaban J connectivity index is 1.39. The fourth-order valence-electron chi connectivity index (χ4n) is 4.56. The van der Waals surface area contributed by atoms with E-state index in [-0.39, 0.29) is 0 Å². The van der Waals surface area contributed by atoms with Crippen LogP contribution in [0, 0.1) is 5.92 Å². The third-order valence-electron chi connectivity index (χ3n) is 5.72. The molecule has 3 nitrogen and oxygen atoms in total. The highest BCUT2D eigenvalue weighted by Crippen LogP contribution is 2.31. The van der Waals surface area contributed by atoms with Gasteiger partial charge in [0.25, 0.3) is 0 Å². The molecule has 3 atom stereocenters. The second-order valence-electron chi connectivity index (χ2n) is 7.11. The van der Waals surface area contributed by atoms with E-state index in [1.54, 1.807) is 0 Å². The summed E-state index contributed by atoms with van der Waals surface area (Å²) < 4.78 is 0. The molecule has 0 bridgehead atoms. The normalized spacial score (nSPS) is 36.3. The van der Waals surface area contributed by atoms with Crippen molar-refractivity contribution in [2.45, 2.75) is 69.9 Å². The van der Waals surface area contributed by atoms with Crippen LogP contribution in [-0.4, -0.2) is 49.7 Å². The minimum Gasteiger partial charge on any atom is -0.314 e. The maximum absolute atomic E-state index is 3.89. The highest BCUT2D eigenvalue weighted by atomic mass is 15.1. The van der Waals surface area contributed by atoms with Gasteiger partial charge in [-0.3, -0.25) is 0 Å². The standard InChI is InChI=1S/C17H33N3/c1-4-12-20(13-5-1)14-11-19-17-9-6-7-15(17)16-8-2-3-10-18-16/h15-19H,1-14H2.